The Hall–Kier alpha value is -1.39. The quantitative estimate of drug-likeness (QED) is 0.868. The minimum atomic E-state index is -0.930. The number of benzene rings is 1. The lowest BCUT2D eigenvalue weighted by Gasteiger charge is -2.34. The molecule has 2 aliphatic carbocycles. The maximum atomic E-state index is 12.1. The highest BCUT2D eigenvalue weighted by atomic mass is 16.5. The third kappa shape index (κ3) is 2.97. The topological polar surface area (TPSA) is 58.6 Å². The normalized spacial score (nSPS) is 30.6. The summed E-state index contributed by atoms with van der Waals surface area (Å²) >= 11 is 0. The molecule has 3 rings (SSSR count). The van der Waals surface area contributed by atoms with E-state index in [2.05, 4.69) is 11.4 Å². The van der Waals surface area contributed by atoms with E-state index in [1.54, 1.807) is 0 Å². The molecule has 2 aliphatic rings. The first kappa shape index (κ1) is 14.5. The molecular formula is C17H23NO3. The van der Waals surface area contributed by atoms with Crippen LogP contribution >= 0.6 is 0 Å². The van der Waals surface area contributed by atoms with Crippen LogP contribution in [0.25, 0.3) is 0 Å². The highest BCUT2D eigenvalue weighted by molar-refractivity contribution is 5.82. The Morgan fingerprint density at radius 2 is 2.29 bits per heavy atom. The molecule has 21 heavy (non-hydrogen) atoms. The summed E-state index contributed by atoms with van der Waals surface area (Å²) in [5.74, 6) is -0.0303. The summed E-state index contributed by atoms with van der Waals surface area (Å²) in [4.78, 5) is 12.1. The summed E-state index contributed by atoms with van der Waals surface area (Å²) in [6.07, 6.45) is 3.53. The van der Waals surface area contributed by atoms with Gasteiger partial charge in [-0.05, 0) is 43.7 Å². The molecule has 1 aromatic rings. The van der Waals surface area contributed by atoms with E-state index in [4.69, 9.17) is 4.74 Å². The zero-order chi connectivity index (χ0) is 14.9. The van der Waals surface area contributed by atoms with Gasteiger partial charge in [-0.15, -0.1) is 0 Å². The van der Waals surface area contributed by atoms with Crippen LogP contribution in [0.3, 0.4) is 0 Å². The first-order valence-electron chi connectivity index (χ1n) is 7.84. The predicted molar refractivity (Wildman–Crippen MR) is 79.8 cm³/mol. The van der Waals surface area contributed by atoms with Crippen LogP contribution in [0.4, 0.5) is 0 Å². The van der Waals surface area contributed by atoms with E-state index in [0.29, 0.717) is 13.0 Å². The van der Waals surface area contributed by atoms with Gasteiger partial charge >= 0.3 is 0 Å². The number of amides is 1. The fourth-order valence-corrected chi connectivity index (χ4v) is 3.29. The van der Waals surface area contributed by atoms with Crippen molar-refractivity contribution in [2.75, 3.05) is 13.2 Å². The Balaban J connectivity index is 1.62. The lowest BCUT2D eigenvalue weighted by Crippen LogP contribution is -2.43. The minimum absolute atomic E-state index is 0.00456. The molecule has 4 nitrogen and oxygen atoms in total. The summed E-state index contributed by atoms with van der Waals surface area (Å²) in [7, 11) is 0. The average Bonchev–Trinajstić information content (AvgIpc) is 3.25. The van der Waals surface area contributed by atoms with Gasteiger partial charge in [0.15, 0.2) is 0 Å². The largest absolute Gasteiger partial charge is 0.383 e. The number of hydrogen-bond acceptors (Lipinski definition) is 3. The molecule has 1 fully saturated rings. The number of ether oxygens (including phenoxy) is 1. The molecule has 0 radical (unpaired) electrons. The van der Waals surface area contributed by atoms with Crippen molar-refractivity contribution in [1.29, 1.82) is 0 Å². The van der Waals surface area contributed by atoms with Crippen molar-refractivity contribution in [3.05, 3.63) is 35.4 Å². The van der Waals surface area contributed by atoms with E-state index < -0.39 is 5.60 Å². The number of carbonyl (C=O) groups is 1. The van der Waals surface area contributed by atoms with Crippen LogP contribution in [0, 0.1) is 5.92 Å². The Bertz CT molecular complexity index is 531. The zero-order valence-corrected chi connectivity index (χ0v) is 12.5. The molecule has 0 heterocycles. The number of fused-ring (bicyclic) bond motifs is 1. The number of aryl methyl sites for hydroxylation is 1. The van der Waals surface area contributed by atoms with Gasteiger partial charge in [0.25, 0.3) is 0 Å². The lowest BCUT2D eigenvalue weighted by atomic mass is 9.79. The fraction of sp³-hybridized carbons (Fsp3) is 0.588. The monoisotopic (exact) mass is 289 g/mol. The van der Waals surface area contributed by atoms with Crippen molar-refractivity contribution < 1.29 is 14.6 Å². The van der Waals surface area contributed by atoms with Crippen LogP contribution in [0.15, 0.2) is 24.3 Å². The van der Waals surface area contributed by atoms with Gasteiger partial charge in [0.05, 0.1) is 18.6 Å². The van der Waals surface area contributed by atoms with Gasteiger partial charge in [0.2, 0.25) is 5.91 Å². The number of hydrogen-bond donors (Lipinski definition) is 2. The van der Waals surface area contributed by atoms with Crippen molar-refractivity contribution in [2.24, 2.45) is 5.92 Å². The van der Waals surface area contributed by atoms with Crippen LogP contribution < -0.4 is 5.32 Å². The summed E-state index contributed by atoms with van der Waals surface area (Å²) in [5, 5.41) is 13.8. The van der Waals surface area contributed by atoms with E-state index >= 15 is 0 Å². The van der Waals surface area contributed by atoms with Gasteiger partial charge < -0.3 is 15.2 Å². The third-order valence-corrected chi connectivity index (χ3v) is 4.56. The van der Waals surface area contributed by atoms with Gasteiger partial charge in [-0.1, -0.05) is 24.3 Å². The molecule has 0 bridgehead atoms. The standard InChI is InChI=1S/C17H23NO3/c1-2-21-15-10-13(15)16(19)18-11-17(20)9-5-7-12-6-3-4-8-14(12)17/h3-4,6,8,13,15,20H,2,5,7,9-11H2,1H3,(H,18,19). The fourth-order valence-electron chi connectivity index (χ4n) is 3.29. The average molecular weight is 289 g/mol. The van der Waals surface area contributed by atoms with Crippen molar-refractivity contribution in [3.63, 3.8) is 0 Å². The highest BCUT2D eigenvalue weighted by Gasteiger charge is 2.44. The van der Waals surface area contributed by atoms with Gasteiger partial charge in [-0.3, -0.25) is 4.79 Å². The summed E-state index contributed by atoms with van der Waals surface area (Å²) in [6, 6.07) is 7.98. The van der Waals surface area contributed by atoms with Gasteiger partial charge in [0, 0.05) is 6.61 Å². The highest BCUT2D eigenvalue weighted by Crippen LogP contribution is 2.36. The van der Waals surface area contributed by atoms with E-state index in [0.717, 1.165) is 24.8 Å². The molecule has 3 atom stereocenters. The molecular weight excluding hydrogens is 266 g/mol. The van der Waals surface area contributed by atoms with Crippen molar-refractivity contribution in [2.45, 2.75) is 44.3 Å². The second-order valence-electron chi connectivity index (χ2n) is 6.10. The Morgan fingerprint density at radius 1 is 1.48 bits per heavy atom. The Kier molecular flexibility index (Phi) is 4.00. The van der Waals surface area contributed by atoms with Gasteiger partial charge in [-0.25, -0.2) is 0 Å². The second kappa shape index (κ2) is 5.78. The first-order chi connectivity index (χ1) is 10.1. The molecule has 0 saturated heterocycles. The number of nitrogens with one attached hydrogen (secondary N) is 1. The predicted octanol–water partition coefficient (Wildman–Crippen LogP) is 1.75. The summed E-state index contributed by atoms with van der Waals surface area (Å²) in [6.45, 7) is 2.87. The number of carbonyl (C=O) groups excluding carboxylic acids is 1. The van der Waals surface area contributed by atoms with E-state index in [1.807, 2.05) is 25.1 Å². The van der Waals surface area contributed by atoms with Crippen LogP contribution in [-0.2, 0) is 21.6 Å². The van der Waals surface area contributed by atoms with Crippen molar-refractivity contribution >= 4 is 5.91 Å². The van der Waals surface area contributed by atoms with Crippen LogP contribution in [-0.4, -0.2) is 30.3 Å². The molecule has 0 aliphatic heterocycles. The maximum absolute atomic E-state index is 12.1. The zero-order valence-electron chi connectivity index (χ0n) is 12.5. The molecule has 114 valence electrons. The van der Waals surface area contributed by atoms with E-state index in [-0.39, 0.29) is 24.5 Å². The Morgan fingerprint density at radius 3 is 3.10 bits per heavy atom. The third-order valence-electron chi connectivity index (χ3n) is 4.56. The number of aliphatic hydroxyl groups is 1. The molecule has 1 saturated carbocycles. The number of rotatable bonds is 5. The molecule has 1 amide bonds. The molecule has 3 unspecified atom stereocenters. The Labute approximate surface area is 125 Å². The van der Waals surface area contributed by atoms with Crippen LogP contribution in [0.2, 0.25) is 0 Å². The molecule has 0 aromatic heterocycles. The second-order valence-corrected chi connectivity index (χ2v) is 6.10. The smallest absolute Gasteiger partial charge is 0.225 e. The summed E-state index contributed by atoms with van der Waals surface area (Å²) in [5.41, 5.74) is 1.23. The molecule has 2 N–H and O–H groups in total. The van der Waals surface area contributed by atoms with Gasteiger partial charge in [0.1, 0.15) is 5.60 Å². The van der Waals surface area contributed by atoms with E-state index in [9.17, 15) is 9.90 Å². The lowest BCUT2D eigenvalue weighted by molar-refractivity contribution is -0.124. The molecule has 4 heteroatoms. The van der Waals surface area contributed by atoms with Gasteiger partial charge in [-0.2, -0.15) is 0 Å². The molecule has 0 spiro atoms. The van der Waals surface area contributed by atoms with Crippen LogP contribution in [0.1, 0.15) is 37.3 Å². The minimum Gasteiger partial charge on any atom is -0.383 e. The van der Waals surface area contributed by atoms with Crippen molar-refractivity contribution in [3.8, 4) is 0 Å². The summed E-state index contributed by atoms with van der Waals surface area (Å²) < 4.78 is 5.44. The SMILES string of the molecule is CCOC1CC1C(=O)NCC1(O)CCCc2ccccc21. The maximum Gasteiger partial charge on any atom is 0.225 e. The van der Waals surface area contributed by atoms with Crippen LogP contribution in [0.5, 0.6) is 0 Å². The molecule has 1 aromatic carbocycles. The first-order valence-corrected chi connectivity index (χ1v) is 7.84. The van der Waals surface area contributed by atoms with E-state index in [1.165, 1.54) is 5.56 Å². The van der Waals surface area contributed by atoms with Crippen molar-refractivity contribution in [1.82, 2.24) is 5.32 Å².